The Kier molecular flexibility index (Phi) is 6.70. The lowest BCUT2D eigenvalue weighted by molar-refractivity contribution is -0.138. The third kappa shape index (κ3) is 7.33. The average Bonchev–Trinajstić information content (AvgIpc) is 2.12. The maximum Gasteiger partial charge on any atom is 0.317 e. The quantitative estimate of drug-likeness (QED) is 0.704. The predicted molar refractivity (Wildman–Crippen MR) is 67.8 cm³/mol. The molecule has 0 spiro atoms. The van der Waals surface area contributed by atoms with E-state index in [1.54, 1.807) is 18.7 Å². The van der Waals surface area contributed by atoms with Crippen LogP contribution in [0.5, 0.6) is 0 Å². The van der Waals surface area contributed by atoms with Crippen molar-refractivity contribution in [1.82, 2.24) is 4.90 Å². The summed E-state index contributed by atoms with van der Waals surface area (Å²) in [6.45, 7) is 8.01. The average molecular weight is 265 g/mol. The molecule has 0 aromatic rings. The summed E-state index contributed by atoms with van der Waals surface area (Å²) in [7, 11) is -3.10. The standard InChI is InChI=1S/C11H23NO4S/c1-9(2)7-12(8-11(13)14)5-6-17(15,16)10(3)4/h9-10H,5-8H2,1-4H3,(H,13,14). The first-order valence-electron chi connectivity index (χ1n) is 5.81. The van der Waals surface area contributed by atoms with Gasteiger partial charge in [0, 0.05) is 13.1 Å². The lowest BCUT2D eigenvalue weighted by Crippen LogP contribution is -2.37. The van der Waals surface area contributed by atoms with Crippen molar-refractivity contribution in [1.29, 1.82) is 0 Å². The Morgan fingerprint density at radius 2 is 1.76 bits per heavy atom. The van der Waals surface area contributed by atoms with Gasteiger partial charge in [-0.3, -0.25) is 9.69 Å². The summed E-state index contributed by atoms with van der Waals surface area (Å²) in [5.74, 6) is -0.589. The maximum absolute atomic E-state index is 11.6. The Morgan fingerprint density at radius 3 is 2.12 bits per heavy atom. The van der Waals surface area contributed by atoms with Crippen LogP contribution in [0, 0.1) is 5.92 Å². The largest absolute Gasteiger partial charge is 0.480 e. The van der Waals surface area contributed by atoms with Crippen LogP contribution in [-0.2, 0) is 14.6 Å². The van der Waals surface area contributed by atoms with Crippen molar-refractivity contribution in [2.24, 2.45) is 5.92 Å². The van der Waals surface area contributed by atoms with Crippen molar-refractivity contribution in [3.05, 3.63) is 0 Å². The Hall–Kier alpha value is -0.620. The summed E-state index contributed by atoms with van der Waals surface area (Å²) in [5, 5.41) is 8.34. The molecule has 0 unspecified atom stereocenters. The van der Waals surface area contributed by atoms with Gasteiger partial charge in [0.15, 0.2) is 9.84 Å². The molecule has 0 aliphatic heterocycles. The molecule has 0 aromatic carbocycles. The van der Waals surface area contributed by atoms with E-state index in [0.29, 0.717) is 12.5 Å². The van der Waals surface area contributed by atoms with Crippen LogP contribution in [0.25, 0.3) is 0 Å². The second-order valence-corrected chi connectivity index (χ2v) is 7.62. The van der Waals surface area contributed by atoms with Crippen LogP contribution in [0.3, 0.4) is 0 Å². The van der Waals surface area contributed by atoms with Crippen LogP contribution in [-0.4, -0.2) is 55.0 Å². The zero-order chi connectivity index (χ0) is 13.6. The van der Waals surface area contributed by atoms with Crippen LogP contribution in [0.1, 0.15) is 27.7 Å². The molecule has 102 valence electrons. The van der Waals surface area contributed by atoms with Gasteiger partial charge in [-0.05, 0) is 19.8 Å². The molecule has 1 N–H and O–H groups in total. The van der Waals surface area contributed by atoms with Crippen LogP contribution in [0.15, 0.2) is 0 Å². The summed E-state index contributed by atoms with van der Waals surface area (Å²) in [5.41, 5.74) is 0. The zero-order valence-corrected chi connectivity index (χ0v) is 11.8. The van der Waals surface area contributed by atoms with Gasteiger partial charge in [0.25, 0.3) is 0 Å². The van der Waals surface area contributed by atoms with Gasteiger partial charge in [0.1, 0.15) is 0 Å². The van der Waals surface area contributed by atoms with E-state index in [1.807, 2.05) is 13.8 Å². The maximum atomic E-state index is 11.6. The molecule has 0 aliphatic rings. The van der Waals surface area contributed by atoms with Crippen molar-refractivity contribution >= 4 is 15.8 Å². The first-order chi connectivity index (χ1) is 7.65. The minimum Gasteiger partial charge on any atom is -0.480 e. The Morgan fingerprint density at radius 1 is 1.24 bits per heavy atom. The fourth-order valence-corrected chi connectivity index (χ4v) is 2.42. The zero-order valence-electron chi connectivity index (χ0n) is 11.0. The molecule has 5 nitrogen and oxygen atoms in total. The molecule has 0 atom stereocenters. The van der Waals surface area contributed by atoms with Crippen molar-refractivity contribution in [2.45, 2.75) is 32.9 Å². The molecule has 0 radical (unpaired) electrons. The molecule has 0 heterocycles. The van der Waals surface area contributed by atoms with Gasteiger partial charge in [-0.1, -0.05) is 13.8 Å². The minimum atomic E-state index is -3.10. The van der Waals surface area contributed by atoms with E-state index in [1.165, 1.54) is 0 Å². The fraction of sp³-hybridized carbons (Fsp3) is 0.909. The van der Waals surface area contributed by atoms with Gasteiger partial charge in [-0.2, -0.15) is 0 Å². The third-order valence-electron chi connectivity index (χ3n) is 2.39. The van der Waals surface area contributed by atoms with E-state index < -0.39 is 21.1 Å². The number of carbonyl (C=O) groups is 1. The fourth-order valence-electron chi connectivity index (χ4n) is 1.43. The second kappa shape index (κ2) is 6.96. The van der Waals surface area contributed by atoms with Crippen LogP contribution < -0.4 is 0 Å². The molecule has 0 bridgehead atoms. The van der Waals surface area contributed by atoms with Gasteiger partial charge in [-0.25, -0.2) is 8.42 Å². The topological polar surface area (TPSA) is 74.7 Å². The molecular formula is C11H23NO4S. The molecule has 0 rings (SSSR count). The molecule has 17 heavy (non-hydrogen) atoms. The van der Waals surface area contributed by atoms with E-state index in [9.17, 15) is 13.2 Å². The summed E-state index contributed by atoms with van der Waals surface area (Å²) in [4.78, 5) is 12.3. The number of hydrogen-bond donors (Lipinski definition) is 1. The van der Waals surface area contributed by atoms with E-state index in [-0.39, 0.29) is 18.8 Å². The normalized spacial score (nSPS) is 12.6. The Balaban J connectivity index is 4.40. The molecule has 0 fully saturated rings. The van der Waals surface area contributed by atoms with Crippen LogP contribution in [0.4, 0.5) is 0 Å². The lowest BCUT2D eigenvalue weighted by atomic mass is 10.2. The Labute approximate surface area is 104 Å². The number of carboxylic acids is 1. The van der Waals surface area contributed by atoms with Gasteiger partial charge in [0.2, 0.25) is 0 Å². The highest BCUT2D eigenvalue weighted by atomic mass is 32.2. The van der Waals surface area contributed by atoms with Crippen LogP contribution >= 0.6 is 0 Å². The number of carboxylic acid groups (broad SMARTS) is 1. The third-order valence-corrected chi connectivity index (χ3v) is 4.58. The smallest absolute Gasteiger partial charge is 0.317 e. The first kappa shape index (κ1) is 16.4. The lowest BCUT2D eigenvalue weighted by Gasteiger charge is -2.22. The van der Waals surface area contributed by atoms with Crippen molar-refractivity contribution in [2.75, 3.05) is 25.4 Å². The number of sulfone groups is 1. The number of hydrogen-bond acceptors (Lipinski definition) is 4. The van der Waals surface area contributed by atoms with Gasteiger partial charge >= 0.3 is 5.97 Å². The van der Waals surface area contributed by atoms with E-state index in [4.69, 9.17) is 5.11 Å². The molecular weight excluding hydrogens is 242 g/mol. The van der Waals surface area contributed by atoms with Crippen molar-refractivity contribution in [3.63, 3.8) is 0 Å². The SMILES string of the molecule is CC(C)CN(CCS(=O)(=O)C(C)C)CC(=O)O. The predicted octanol–water partition coefficient (Wildman–Crippen LogP) is 0.852. The molecule has 6 heteroatoms. The van der Waals surface area contributed by atoms with Crippen molar-refractivity contribution in [3.8, 4) is 0 Å². The van der Waals surface area contributed by atoms with Crippen molar-refractivity contribution < 1.29 is 18.3 Å². The number of rotatable bonds is 8. The van der Waals surface area contributed by atoms with Gasteiger partial charge < -0.3 is 5.11 Å². The van der Waals surface area contributed by atoms with Gasteiger partial charge in [0.05, 0.1) is 17.5 Å². The molecule has 0 amide bonds. The van der Waals surface area contributed by atoms with E-state index >= 15 is 0 Å². The monoisotopic (exact) mass is 265 g/mol. The van der Waals surface area contributed by atoms with E-state index in [2.05, 4.69) is 0 Å². The second-order valence-electron chi connectivity index (χ2n) is 4.94. The highest BCUT2D eigenvalue weighted by molar-refractivity contribution is 7.92. The molecule has 0 aromatic heterocycles. The molecule has 0 aliphatic carbocycles. The summed E-state index contributed by atoms with van der Waals surface area (Å²) in [6.07, 6.45) is 0. The minimum absolute atomic E-state index is 0.0185. The Bertz CT molecular complexity index is 335. The molecule has 0 saturated heterocycles. The highest BCUT2D eigenvalue weighted by Crippen LogP contribution is 2.04. The van der Waals surface area contributed by atoms with Crippen LogP contribution in [0.2, 0.25) is 0 Å². The summed E-state index contributed by atoms with van der Waals surface area (Å²) in [6, 6.07) is 0. The number of aliphatic carboxylic acids is 1. The summed E-state index contributed by atoms with van der Waals surface area (Å²) < 4.78 is 23.3. The van der Waals surface area contributed by atoms with E-state index in [0.717, 1.165) is 0 Å². The number of nitrogens with zero attached hydrogens (tertiary/aromatic N) is 1. The summed E-state index contributed by atoms with van der Waals surface area (Å²) >= 11 is 0. The molecule has 0 saturated carbocycles. The highest BCUT2D eigenvalue weighted by Gasteiger charge is 2.19. The first-order valence-corrected chi connectivity index (χ1v) is 7.52. The van der Waals surface area contributed by atoms with Gasteiger partial charge in [-0.15, -0.1) is 0 Å².